The van der Waals surface area contributed by atoms with Gasteiger partial charge in [-0.1, -0.05) is 23.2 Å². The minimum Gasteiger partial charge on any atom is -0.368 e. The third kappa shape index (κ3) is 2.06. The van der Waals surface area contributed by atoms with Crippen LogP contribution in [-0.4, -0.2) is 15.5 Å². The van der Waals surface area contributed by atoms with E-state index in [4.69, 9.17) is 41.2 Å². The van der Waals surface area contributed by atoms with Gasteiger partial charge in [-0.2, -0.15) is 0 Å². The van der Waals surface area contributed by atoms with Crippen LogP contribution >= 0.6 is 35.4 Å². The number of fused-ring (bicyclic) bond motifs is 1. The van der Waals surface area contributed by atoms with Gasteiger partial charge in [0.25, 0.3) is 0 Å². The molecule has 0 aliphatic carbocycles. The van der Waals surface area contributed by atoms with Gasteiger partial charge in [0.15, 0.2) is 4.77 Å². The number of halogens is 2. The lowest BCUT2D eigenvalue weighted by Crippen LogP contribution is -2.23. The summed E-state index contributed by atoms with van der Waals surface area (Å²) in [6.45, 7) is 1.67. The number of carbonyl (C=O) groups is 1. The van der Waals surface area contributed by atoms with Gasteiger partial charge in [-0.25, -0.2) is 0 Å². The molecule has 0 radical (unpaired) electrons. The third-order valence-electron chi connectivity index (χ3n) is 2.56. The Morgan fingerprint density at radius 2 is 2.06 bits per heavy atom. The lowest BCUT2D eigenvalue weighted by Gasteiger charge is -2.10. The zero-order valence-corrected chi connectivity index (χ0v) is 11.2. The van der Waals surface area contributed by atoms with E-state index >= 15 is 0 Å². The molecular formula is C10H9Cl2N3OS. The topological polar surface area (TPSA) is 63.8 Å². The fourth-order valence-corrected chi connectivity index (χ4v) is 2.32. The minimum absolute atomic E-state index is 0.401. The van der Waals surface area contributed by atoms with Crippen molar-refractivity contribution in [2.24, 2.45) is 5.73 Å². The summed E-state index contributed by atoms with van der Waals surface area (Å²) in [5.41, 5.74) is 6.70. The van der Waals surface area contributed by atoms with Gasteiger partial charge in [-0.05, 0) is 31.3 Å². The maximum atomic E-state index is 11.2. The molecule has 1 aromatic carbocycles. The van der Waals surface area contributed by atoms with Crippen molar-refractivity contribution in [3.05, 3.63) is 26.9 Å². The molecule has 1 amide bonds. The van der Waals surface area contributed by atoms with Gasteiger partial charge in [-0.15, -0.1) is 0 Å². The summed E-state index contributed by atoms with van der Waals surface area (Å²) >= 11 is 17.0. The van der Waals surface area contributed by atoms with Crippen molar-refractivity contribution in [3.8, 4) is 0 Å². The largest absolute Gasteiger partial charge is 0.368 e. The molecule has 0 fully saturated rings. The summed E-state index contributed by atoms with van der Waals surface area (Å²) in [7, 11) is 0. The highest BCUT2D eigenvalue weighted by Crippen LogP contribution is 2.29. The predicted octanol–water partition coefficient (Wildman–Crippen LogP) is 3.05. The van der Waals surface area contributed by atoms with E-state index in [2.05, 4.69) is 4.98 Å². The molecule has 1 heterocycles. The highest BCUT2D eigenvalue weighted by Gasteiger charge is 2.16. The van der Waals surface area contributed by atoms with Crippen molar-refractivity contribution >= 4 is 52.4 Å². The van der Waals surface area contributed by atoms with E-state index in [0.717, 1.165) is 5.52 Å². The van der Waals surface area contributed by atoms with Crippen LogP contribution in [0.2, 0.25) is 10.0 Å². The third-order valence-corrected chi connectivity index (χ3v) is 3.58. The Labute approximate surface area is 112 Å². The number of carbonyl (C=O) groups excluding carboxylic acids is 1. The molecule has 2 rings (SSSR count). The van der Waals surface area contributed by atoms with Crippen LogP contribution in [-0.2, 0) is 4.79 Å². The summed E-state index contributed by atoms with van der Waals surface area (Å²) in [5, 5.41) is 0.827. The number of amides is 1. The smallest absolute Gasteiger partial charge is 0.240 e. The zero-order valence-electron chi connectivity index (χ0n) is 8.83. The Morgan fingerprint density at radius 3 is 2.65 bits per heavy atom. The second-order valence-corrected chi connectivity index (χ2v) is 4.86. The first-order valence-corrected chi connectivity index (χ1v) is 5.97. The lowest BCUT2D eigenvalue weighted by atomic mass is 10.2. The van der Waals surface area contributed by atoms with Crippen LogP contribution in [0, 0.1) is 4.77 Å². The maximum absolute atomic E-state index is 11.2. The van der Waals surface area contributed by atoms with Crippen molar-refractivity contribution in [1.82, 2.24) is 9.55 Å². The van der Waals surface area contributed by atoms with Crippen molar-refractivity contribution in [1.29, 1.82) is 0 Å². The van der Waals surface area contributed by atoms with E-state index < -0.39 is 11.9 Å². The highest BCUT2D eigenvalue weighted by molar-refractivity contribution is 7.71. The Morgan fingerprint density at radius 1 is 1.47 bits per heavy atom. The number of hydrogen-bond donors (Lipinski definition) is 2. The quantitative estimate of drug-likeness (QED) is 0.835. The molecule has 4 nitrogen and oxygen atoms in total. The number of aromatic amines is 1. The summed E-state index contributed by atoms with van der Waals surface area (Å²) in [6, 6.07) is 2.78. The number of H-pyrrole nitrogens is 1. The molecular weight excluding hydrogens is 281 g/mol. The first-order valence-electron chi connectivity index (χ1n) is 4.80. The number of aromatic nitrogens is 2. The van der Waals surface area contributed by atoms with E-state index in [1.54, 1.807) is 23.6 Å². The van der Waals surface area contributed by atoms with Crippen LogP contribution in [0.3, 0.4) is 0 Å². The molecule has 0 spiro atoms. The van der Waals surface area contributed by atoms with Crippen LogP contribution in [0.4, 0.5) is 0 Å². The van der Waals surface area contributed by atoms with Crippen LogP contribution < -0.4 is 5.73 Å². The molecule has 90 valence electrons. The van der Waals surface area contributed by atoms with Crippen molar-refractivity contribution in [2.45, 2.75) is 13.0 Å². The average Bonchev–Trinajstić information content (AvgIpc) is 2.53. The van der Waals surface area contributed by atoms with E-state index in [0.29, 0.717) is 20.3 Å². The van der Waals surface area contributed by atoms with Gasteiger partial charge in [0.2, 0.25) is 5.91 Å². The fourth-order valence-electron chi connectivity index (χ4n) is 1.63. The van der Waals surface area contributed by atoms with Crippen molar-refractivity contribution in [2.75, 3.05) is 0 Å². The molecule has 17 heavy (non-hydrogen) atoms. The molecule has 1 unspecified atom stereocenters. The minimum atomic E-state index is -0.548. The summed E-state index contributed by atoms with van der Waals surface area (Å²) in [4.78, 5) is 14.2. The highest BCUT2D eigenvalue weighted by atomic mass is 35.5. The van der Waals surface area contributed by atoms with Crippen molar-refractivity contribution < 1.29 is 4.79 Å². The van der Waals surface area contributed by atoms with Gasteiger partial charge in [0.05, 0.1) is 21.1 Å². The molecule has 0 saturated carbocycles. The second kappa shape index (κ2) is 4.33. The molecule has 0 bridgehead atoms. The molecule has 1 atom stereocenters. The van der Waals surface area contributed by atoms with Crippen LogP contribution in [0.15, 0.2) is 12.1 Å². The molecule has 3 N–H and O–H groups in total. The number of nitrogens with zero attached hydrogens (tertiary/aromatic N) is 1. The first kappa shape index (κ1) is 12.4. The Kier molecular flexibility index (Phi) is 3.16. The summed E-state index contributed by atoms with van der Waals surface area (Å²) < 4.78 is 2.03. The number of nitrogens with two attached hydrogens (primary N) is 1. The van der Waals surface area contributed by atoms with Crippen LogP contribution in [0.1, 0.15) is 13.0 Å². The van der Waals surface area contributed by atoms with Gasteiger partial charge >= 0.3 is 0 Å². The van der Waals surface area contributed by atoms with Gasteiger partial charge in [0, 0.05) is 0 Å². The van der Waals surface area contributed by atoms with Gasteiger partial charge in [-0.3, -0.25) is 4.79 Å². The van der Waals surface area contributed by atoms with Crippen LogP contribution in [0.5, 0.6) is 0 Å². The molecule has 1 aromatic heterocycles. The van der Waals surface area contributed by atoms with Gasteiger partial charge < -0.3 is 15.3 Å². The fraction of sp³-hybridized carbons (Fsp3) is 0.200. The monoisotopic (exact) mass is 289 g/mol. The second-order valence-electron chi connectivity index (χ2n) is 3.66. The molecule has 0 aliphatic rings. The molecule has 0 saturated heterocycles. The Balaban J connectivity index is 2.80. The van der Waals surface area contributed by atoms with E-state index in [1.807, 2.05) is 0 Å². The number of hydrogen-bond acceptors (Lipinski definition) is 2. The number of nitrogens with one attached hydrogen (secondary N) is 1. The zero-order chi connectivity index (χ0) is 12.7. The number of imidazole rings is 1. The Bertz CT molecular complexity index is 661. The predicted molar refractivity (Wildman–Crippen MR) is 71.0 cm³/mol. The first-order chi connectivity index (χ1) is 7.91. The maximum Gasteiger partial charge on any atom is 0.240 e. The van der Waals surface area contributed by atoms with E-state index in [9.17, 15) is 4.79 Å². The van der Waals surface area contributed by atoms with Crippen molar-refractivity contribution in [3.63, 3.8) is 0 Å². The number of rotatable bonds is 2. The standard InChI is InChI=1S/C10H9Cl2N3OS/c1-4(9(13)16)15-8-3-6(12)5(11)2-7(8)14-10(15)17/h2-4H,1H3,(H2,13,16)(H,14,17). The van der Waals surface area contributed by atoms with E-state index in [1.165, 1.54) is 0 Å². The normalized spacial score (nSPS) is 12.9. The molecule has 0 aliphatic heterocycles. The summed E-state index contributed by atoms with van der Waals surface area (Å²) in [5.74, 6) is -0.465. The lowest BCUT2D eigenvalue weighted by molar-refractivity contribution is -0.120. The Hall–Kier alpha value is -1.04. The van der Waals surface area contributed by atoms with Gasteiger partial charge in [0.1, 0.15) is 6.04 Å². The number of primary amides is 1. The van der Waals surface area contributed by atoms with Crippen LogP contribution in [0.25, 0.3) is 11.0 Å². The SMILES string of the molecule is CC(C(N)=O)n1c(=S)[nH]c2cc(Cl)c(Cl)cc21. The van der Waals surface area contributed by atoms with E-state index in [-0.39, 0.29) is 0 Å². The summed E-state index contributed by atoms with van der Waals surface area (Å²) in [6.07, 6.45) is 0. The molecule has 2 aromatic rings. The molecule has 7 heteroatoms. The average molecular weight is 290 g/mol. The number of benzene rings is 1.